The molecule has 2 aromatic rings. The van der Waals surface area contributed by atoms with Crippen molar-refractivity contribution in [3.8, 4) is 0 Å². The quantitative estimate of drug-likeness (QED) is 0.513. The van der Waals surface area contributed by atoms with Crippen LogP contribution in [-0.2, 0) is 0 Å². The van der Waals surface area contributed by atoms with E-state index in [4.69, 9.17) is 0 Å². The largest absolute Gasteiger partial charge is 0.279 e. The van der Waals surface area contributed by atoms with Gasteiger partial charge in [-0.25, -0.2) is 8.78 Å². The molecule has 0 spiro atoms. The number of anilines is 1. The molecule has 0 aromatic heterocycles. The van der Waals surface area contributed by atoms with Crippen LogP contribution in [0.15, 0.2) is 52.0 Å². The maximum absolute atomic E-state index is 13.6. The van der Waals surface area contributed by atoms with Crippen LogP contribution >= 0.6 is 15.9 Å². The summed E-state index contributed by atoms with van der Waals surface area (Å²) in [6.45, 7) is 0. The van der Waals surface area contributed by atoms with E-state index in [0.717, 1.165) is 5.69 Å². The fourth-order valence-electron chi connectivity index (χ4n) is 1.33. The number of hydrogen-bond donors (Lipinski definition) is 1. The number of rotatable bonds is 3. The Hall–Kier alpha value is -1.75. The van der Waals surface area contributed by atoms with Crippen molar-refractivity contribution in [3.63, 3.8) is 0 Å². The summed E-state index contributed by atoms with van der Waals surface area (Å²) in [4.78, 5) is 0. The topological polar surface area (TPSA) is 24.4 Å². The zero-order valence-electron chi connectivity index (χ0n) is 9.20. The summed E-state index contributed by atoms with van der Waals surface area (Å²) in [7, 11) is 0. The highest BCUT2D eigenvalue weighted by atomic mass is 79.9. The second kappa shape index (κ2) is 5.73. The Morgan fingerprint density at radius 3 is 2.50 bits per heavy atom. The van der Waals surface area contributed by atoms with E-state index >= 15 is 0 Å². The van der Waals surface area contributed by atoms with Crippen LogP contribution in [0.2, 0.25) is 0 Å². The van der Waals surface area contributed by atoms with Gasteiger partial charge in [0.05, 0.1) is 16.4 Å². The van der Waals surface area contributed by atoms with Crippen LogP contribution in [0.25, 0.3) is 0 Å². The maximum atomic E-state index is 13.6. The van der Waals surface area contributed by atoms with Gasteiger partial charge < -0.3 is 0 Å². The lowest BCUT2D eigenvalue weighted by molar-refractivity contribution is 0.570. The van der Waals surface area contributed by atoms with E-state index in [9.17, 15) is 8.78 Å². The SMILES string of the molecule is Fc1ccc(C=NNc2ccccc2)c(F)c1Br. The average molecular weight is 311 g/mol. The van der Waals surface area contributed by atoms with Crippen molar-refractivity contribution in [2.75, 3.05) is 5.43 Å². The number of nitrogens with one attached hydrogen (secondary N) is 1. The Kier molecular flexibility index (Phi) is 4.04. The molecule has 2 aromatic carbocycles. The molecule has 0 radical (unpaired) electrons. The number of hydrogen-bond acceptors (Lipinski definition) is 2. The predicted molar refractivity (Wildman–Crippen MR) is 71.7 cm³/mol. The van der Waals surface area contributed by atoms with E-state index in [-0.39, 0.29) is 10.0 Å². The molecule has 0 heterocycles. The van der Waals surface area contributed by atoms with Crippen molar-refractivity contribution in [1.29, 1.82) is 0 Å². The summed E-state index contributed by atoms with van der Waals surface area (Å²) >= 11 is 2.83. The van der Waals surface area contributed by atoms with E-state index in [1.54, 1.807) is 0 Å². The van der Waals surface area contributed by atoms with Crippen molar-refractivity contribution in [3.05, 3.63) is 64.1 Å². The van der Waals surface area contributed by atoms with Gasteiger partial charge in [0.25, 0.3) is 0 Å². The summed E-state index contributed by atoms with van der Waals surface area (Å²) in [5.74, 6) is -1.31. The van der Waals surface area contributed by atoms with Crippen molar-refractivity contribution in [1.82, 2.24) is 0 Å². The van der Waals surface area contributed by atoms with Gasteiger partial charge in [-0.2, -0.15) is 5.10 Å². The molecular weight excluding hydrogens is 302 g/mol. The lowest BCUT2D eigenvalue weighted by Crippen LogP contribution is -1.95. The molecule has 0 unspecified atom stereocenters. The van der Waals surface area contributed by atoms with E-state index in [2.05, 4.69) is 26.5 Å². The highest BCUT2D eigenvalue weighted by Gasteiger charge is 2.09. The molecule has 0 aliphatic heterocycles. The smallest absolute Gasteiger partial charge is 0.149 e. The molecule has 0 aliphatic carbocycles. The summed E-state index contributed by atoms with van der Waals surface area (Å²) in [6, 6.07) is 11.7. The summed E-state index contributed by atoms with van der Waals surface area (Å²) in [5.41, 5.74) is 3.74. The van der Waals surface area contributed by atoms with Gasteiger partial charge in [0.2, 0.25) is 0 Å². The Labute approximate surface area is 111 Å². The fourth-order valence-corrected chi connectivity index (χ4v) is 1.69. The van der Waals surface area contributed by atoms with Gasteiger partial charge in [-0.05, 0) is 40.2 Å². The standard InChI is InChI=1S/C13H9BrF2N2/c14-12-11(15)7-6-9(13(12)16)8-17-18-10-4-2-1-3-5-10/h1-8,18H. The first kappa shape index (κ1) is 12.7. The van der Waals surface area contributed by atoms with Gasteiger partial charge >= 0.3 is 0 Å². The summed E-state index contributed by atoms with van der Waals surface area (Å²) in [6.07, 6.45) is 1.30. The molecule has 0 saturated carbocycles. The van der Waals surface area contributed by atoms with Crippen LogP contribution < -0.4 is 5.43 Å². The van der Waals surface area contributed by atoms with Crippen molar-refractivity contribution in [2.45, 2.75) is 0 Å². The summed E-state index contributed by atoms with van der Waals surface area (Å²) in [5, 5.41) is 3.89. The number of halogens is 3. The Balaban J connectivity index is 2.13. The zero-order valence-corrected chi connectivity index (χ0v) is 10.8. The molecular formula is C13H9BrF2N2. The van der Waals surface area contributed by atoms with Gasteiger partial charge in [0.1, 0.15) is 11.6 Å². The molecule has 2 rings (SSSR count). The van der Waals surface area contributed by atoms with Gasteiger partial charge in [0.15, 0.2) is 0 Å². The predicted octanol–water partition coefficient (Wildman–Crippen LogP) is 4.17. The lowest BCUT2D eigenvalue weighted by atomic mass is 10.2. The molecule has 0 atom stereocenters. The molecule has 2 nitrogen and oxygen atoms in total. The monoisotopic (exact) mass is 310 g/mol. The first-order valence-electron chi connectivity index (χ1n) is 5.16. The third kappa shape index (κ3) is 2.92. The fraction of sp³-hybridized carbons (Fsp3) is 0. The Morgan fingerprint density at radius 2 is 1.78 bits per heavy atom. The van der Waals surface area contributed by atoms with Crippen molar-refractivity contribution >= 4 is 27.8 Å². The molecule has 0 bridgehead atoms. The molecule has 0 saturated heterocycles. The second-order valence-corrected chi connectivity index (χ2v) is 4.29. The highest BCUT2D eigenvalue weighted by molar-refractivity contribution is 9.10. The molecule has 92 valence electrons. The third-order valence-corrected chi connectivity index (χ3v) is 2.96. The number of benzene rings is 2. The second-order valence-electron chi connectivity index (χ2n) is 3.50. The van der Waals surface area contributed by atoms with Crippen LogP contribution in [0, 0.1) is 11.6 Å². The number of nitrogens with zero attached hydrogens (tertiary/aromatic N) is 1. The van der Waals surface area contributed by atoms with Crippen LogP contribution in [0.5, 0.6) is 0 Å². The highest BCUT2D eigenvalue weighted by Crippen LogP contribution is 2.21. The van der Waals surface area contributed by atoms with Crippen LogP contribution in [0.1, 0.15) is 5.56 Å². The van der Waals surface area contributed by atoms with Gasteiger partial charge in [-0.3, -0.25) is 5.43 Å². The lowest BCUT2D eigenvalue weighted by Gasteiger charge is -2.01. The minimum atomic E-state index is -0.673. The van der Waals surface area contributed by atoms with Gasteiger partial charge in [0, 0.05) is 5.56 Å². The average Bonchev–Trinajstić information content (AvgIpc) is 2.40. The van der Waals surface area contributed by atoms with Crippen molar-refractivity contribution < 1.29 is 8.78 Å². The number of para-hydroxylation sites is 1. The van der Waals surface area contributed by atoms with Crippen LogP contribution in [-0.4, -0.2) is 6.21 Å². The van der Waals surface area contributed by atoms with Gasteiger partial charge in [-0.15, -0.1) is 0 Å². The molecule has 5 heteroatoms. The molecule has 0 aliphatic rings. The minimum absolute atomic E-state index is 0.189. The van der Waals surface area contributed by atoms with E-state index in [0.29, 0.717) is 0 Å². The molecule has 0 amide bonds. The first-order valence-corrected chi connectivity index (χ1v) is 5.95. The van der Waals surface area contributed by atoms with Gasteiger partial charge in [-0.1, -0.05) is 18.2 Å². The Bertz CT molecular complexity index is 571. The number of hydrazone groups is 1. The minimum Gasteiger partial charge on any atom is -0.279 e. The summed E-state index contributed by atoms with van der Waals surface area (Å²) < 4.78 is 26.4. The van der Waals surface area contributed by atoms with Crippen molar-refractivity contribution in [2.24, 2.45) is 5.10 Å². The molecule has 0 fully saturated rings. The van der Waals surface area contributed by atoms with E-state index < -0.39 is 11.6 Å². The van der Waals surface area contributed by atoms with E-state index in [1.807, 2.05) is 30.3 Å². The van der Waals surface area contributed by atoms with Crippen LogP contribution in [0.4, 0.5) is 14.5 Å². The molecule has 1 N–H and O–H groups in total. The maximum Gasteiger partial charge on any atom is 0.149 e. The Morgan fingerprint density at radius 1 is 1.06 bits per heavy atom. The zero-order chi connectivity index (χ0) is 13.0. The molecule has 18 heavy (non-hydrogen) atoms. The first-order chi connectivity index (χ1) is 8.68. The van der Waals surface area contributed by atoms with Crippen LogP contribution in [0.3, 0.4) is 0 Å². The normalized spacial score (nSPS) is 10.8. The third-order valence-electron chi connectivity index (χ3n) is 2.24. The van der Waals surface area contributed by atoms with E-state index in [1.165, 1.54) is 18.3 Å².